The van der Waals surface area contributed by atoms with Crippen LogP contribution in [0.3, 0.4) is 0 Å². The predicted molar refractivity (Wildman–Crippen MR) is 102 cm³/mol. The van der Waals surface area contributed by atoms with Crippen molar-refractivity contribution in [3.8, 4) is 17.2 Å². The van der Waals surface area contributed by atoms with Crippen molar-refractivity contribution in [2.45, 2.75) is 19.9 Å². The monoisotopic (exact) mass is 381 g/mol. The van der Waals surface area contributed by atoms with Gasteiger partial charge in [0.2, 0.25) is 6.79 Å². The summed E-state index contributed by atoms with van der Waals surface area (Å²) >= 11 is 0. The molecule has 7 heteroatoms. The standard InChI is InChI=1S/C21H19NO6/c1-12-7-21(24)28-18-9-15(4-5-16(12)18)25-10-20(23)22-13(2)14-3-6-17-19(8-14)27-11-26-17/h3-9,13H,10-11H2,1-2H3,(H,22,23)/t13-/m1/s1. The van der Waals surface area contributed by atoms with Crippen LogP contribution in [0.1, 0.15) is 24.1 Å². The fraction of sp³-hybridized carbons (Fsp3) is 0.238. The fourth-order valence-corrected chi connectivity index (χ4v) is 3.09. The lowest BCUT2D eigenvalue weighted by molar-refractivity contribution is -0.123. The quantitative estimate of drug-likeness (QED) is 0.684. The Hall–Kier alpha value is -3.48. The van der Waals surface area contributed by atoms with Crippen LogP contribution in [0.15, 0.2) is 51.7 Å². The number of carbonyl (C=O) groups is 1. The van der Waals surface area contributed by atoms with E-state index in [4.69, 9.17) is 18.6 Å². The molecule has 1 aromatic heterocycles. The van der Waals surface area contributed by atoms with Gasteiger partial charge in [-0.25, -0.2) is 4.79 Å². The molecule has 0 bridgehead atoms. The number of ether oxygens (including phenoxy) is 3. The van der Waals surface area contributed by atoms with Crippen LogP contribution in [0.2, 0.25) is 0 Å². The number of aryl methyl sites for hydroxylation is 1. The lowest BCUT2D eigenvalue weighted by atomic mass is 10.1. The summed E-state index contributed by atoms with van der Waals surface area (Å²) in [6, 6.07) is 11.9. The van der Waals surface area contributed by atoms with Gasteiger partial charge in [-0.15, -0.1) is 0 Å². The number of hydrogen-bond acceptors (Lipinski definition) is 6. The summed E-state index contributed by atoms with van der Waals surface area (Å²) in [5.41, 5.74) is 1.74. The van der Waals surface area contributed by atoms with Crippen molar-refractivity contribution in [1.82, 2.24) is 5.32 Å². The van der Waals surface area contributed by atoms with E-state index in [9.17, 15) is 9.59 Å². The summed E-state index contributed by atoms with van der Waals surface area (Å²) in [5.74, 6) is 1.55. The molecule has 1 aliphatic heterocycles. The van der Waals surface area contributed by atoms with Crippen LogP contribution in [-0.2, 0) is 4.79 Å². The second kappa shape index (κ2) is 7.26. The van der Waals surface area contributed by atoms with Crippen LogP contribution in [0.4, 0.5) is 0 Å². The predicted octanol–water partition coefficient (Wildman–Crippen LogP) is 3.09. The van der Waals surface area contributed by atoms with Gasteiger partial charge in [0, 0.05) is 17.5 Å². The Labute approximate surface area is 160 Å². The van der Waals surface area contributed by atoms with E-state index < -0.39 is 5.63 Å². The molecule has 0 unspecified atom stereocenters. The molecule has 0 spiro atoms. The zero-order valence-electron chi connectivity index (χ0n) is 15.5. The van der Waals surface area contributed by atoms with Gasteiger partial charge in [0.15, 0.2) is 18.1 Å². The Morgan fingerprint density at radius 2 is 1.96 bits per heavy atom. The molecule has 7 nitrogen and oxygen atoms in total. The smallest absolute Gasteiger partial charge is 0.336 e. The van der Waals surface area contributed by atoms with E-state index in [-0.39, 0.29) is 25.3 Å². The minimum Gasteiger partial charge on any atom is -0.484 e. The first-order valence-corrected chi connectivity index (χ1v) is 8.86. The van der Waals surface area contributed by atoms with Gasteiger partial charge in [-0.05, 0) is 49.2 Å². The second-order valence-electron chi connectivity index (χ2n) is 6.60. The Morgan fingerprint density at radius 1 is 1.14 bits per heavy atom. The van der Waals surface area contributed by atoms with Gasteiger partial charge >= 0.3 is 5.63 Å². The van der Waals surface area contributed by atoms with Gasteiger partial charge in [-0.3, -0.25) is 4.79 Å². The second-order valence-corrected chi connectivity index (χ2v) is 6.60. The van der Waals surface area contributed by atoms with E-state index in [1.165, 1.54) is 6.07 Å². The molecule has 144 valence electrons. The van der Waals surface area contributed by atoms with Crippen molar-refractivity contribution >= 4 is 16.9 Å². The van der Waals surface area contributed by atoms with Crippen molar-refractivity contribution in [2.24, 2.45) is 0 Å². The first kappa shape index (κ1) is 17.9. The number of amides is 1. The average Bonchev–Trinajstić information content (AvgIpc) is 3.13. The molecule has 1 aliphatic rings. The highest BCUT2D eigenvalue weighted by Crippen LogP contribution is 2.34. The lowest BCUT2D eigenvalue weighted by Gasteiger charge is -2.15. The van der Waals surface area contributed by atoms with Crippen molar-refractivity contribution in [3.05, 3.63) is 64.0 Å². The van der Waals surface area contributed by atoms with Crippen LogP contribution in [0, 0.1) is 6.92 Å². The number of nitrogens with one attached hydrogen (secondary N) is 1. The molecular weight excluding hydrogens is 362 g/mol. The van der Waals surface area contributed by atoms with E-state index >= 15 is 0 Å². The minimum atomic E-state index is -0.419. The molecule has 0 radical (unpaired) electrons. The van der Waals surface area contributed by atoms with E-state index in [1.54, 1.807) is 18.2 Å². The number of rotatable bonds is 5. The minimum absolute atomic E-state index is 0.156. The van der Waals surface area contributed by atoms with E-state index in [0.717, 1.165) is 16.5 Å². The SMILES string of the molecule is Cc1cc(=O)oc2cc(OCC(=O)N[C@H](C)c3ccc4c(c3)OCO4)ccc12. The van der Waals surface area contributed by atoms with Crippen molar-refractivity contribution < 1.29 is 23.4 Å². The first-order valence-electron chi connectivity index (χ1n) is 8.86. The maximum absolute atomic E-state index is 12.2. The molecule has 2 aromatic carbocycles. The maximum atomic E-state index is 12.2. The lowest BCUT2D eigenvalue weighted by Crippen LogP contribution is -2.31. The Kier molecular flexibility index (Phi) is 4.65. The molecule has 2 heterocycles. The van der Waals surface area contributed by atoms with E-state index in [0.29, 0.717) is 22.8 Å². The third-order valence-electron chi connectivity index (χ3n) is 4.57. The third kappa shape index (κ3) is 3.64. The van der Waals surface area contributed by atoms with Crippen LogP contribution in [0.25, 0.3) is 11.0 Å². The third-order valence-corrected chi connectivity index (χ3v) is 4.57. The summed E-state index contributed by atoms with van der Waals surface area (Å²) in [4.78, 5) is 23.8. The zero-order valence-corrected chi connectivity index (χ0v) is 15.5. The van der Waals surface area contributed by atoms with Crippen molar-refractivity contribution in [2.75, 3.05) is 13.4 Å². The molecule has 0 saturated heterocycles. The molecule has 28 heavy (non-hydrogen) atoms. The summed E-state index contributed by atoms with van der Waals surface area (Å²) in [7, 11) is 0. The van der Waals surface area contributed by atoms with E-state index in [2.05, 4.69) is 5.32 Å². The topological polar surface area (TPSA) is 87.0 Å². The Bertz CT molecular complexity index is 1100. The van der Waals surface area contributed by atoms with E-state index in [1.807, 2.05) is 32.0 Å². The molecule has 1 N–H and O–H groups in total. The molecule has 0 saturated carbocycles. The molecule has 0 aliphatic carbocycles. The van der Waals surface area contributed by atoms with Gasteiger partial charge < -0.3 is 23.9 Å². The molecule has 1 amide bonds. The number of carbonyl (C=O) groups excluding carboxylic acids is 1. The highest BCUT2D eigenvalue weighted by atomic mass is 16.7. The Balaban J connectivity index is 1.39. The number of hydrogen-bond donors (Lipinski definition) is 1. The highest BCUT2D eigenvalue weighted by molar-refractivity contribution is 5.82. The van der Waals surface area contributed by atoms with Gasteiger partial charge in [-0.1, -0.05) is 6.07 Å². The van der Waals surface area contributed by atoms with Crippen LogP contribution in [0.5, 0.6) is 17.2 Å². The van der Waals surface area contributed by atoms with Gasteiger partial charge in [0.05, 0.1) is 6.04 Å². The largest absolute Gasteiger partial charge is 0.484 e. The molecule has 4 rings (SSSR count). The van der Waals surface area contributed by atoms with Crippen LogP contribution in [-0.4, -0.2) is 19.3 Å². The maximum Gasteiger partial charge on any atom is 0.336 e. The molecular formula is C21H19NO6. The fourth-order valence-electron chi connectivity index (χ4n) is 3.09. The van der Waals surface area contributed by atoms with Gasteiger partial charge in [0.1, 0.15) is 11.3 Å². The Morgan fingerprint density at radius 3 is 2.82 bits per heavy atom. The van der Waals surface area contributed by atoms with Gasteiger partial charge in [-0.2, -0.15) is 0 Å². The van der Waals surface area contributed by atoms with Crippen LogP contribution < -0.4 is 25.2 Å². The molecule has 1 atom stereocenters. The molecule has 0 fully saturated rings. The van der Waals surface area contributed by atoms with Crippen molar-refractivity contribution in [1.29, 1.82) is 0 Å². The zero-order chi connectivity index (χ0) is 19.7. The summed E-state index contributed by atoms with van der Waals surface area (Å²) in [6.45, 7) is 3.77. The summed E-state index contributed by atoms with van der Waals surface area (Å²) in [6.07, 6.45) is 0. The first-order chi connectivity index (χ1) is 13.5. The normalized spacial score (nSPS) is 13.4. The average molecular weight is 381 g/mol. The molecule has 3 aromatic rings. The number of fused-ring (bicyclic) bond motifs is 2. The van der Waals surface area contributed by atoms with Gasteiger partial charge in [0.25, 0.3) is 5.91 Å². The van der Waals surface area contributed by atoms with Crippen LogP contribution >= 0.6 is 0 Å². The summed E-state index contributed by atoms with van der Waals surface area (Å²) < 4.78 is 21.4. The van der Waals surface area contributed by atoms with Crippen molar-refractivity contribution in [3.63, 3.8) is 0 Å². The number of benzene rings is 2. The summed E-state index contributed by atoms with van der Waals surface area (Å²) in [5, 5.41) is 3.71. The highest BCUT2D eigenvalue weighted by Gasteiger charge is 2.17.